The summed E-state index contributed by atoms with van der Waals surface area (Å²) in [6.07, 6.45) is 2.74. The number of carbonyl (C=O) groups is 1. The summed E-state index contributed by atoms with van der Waals surface area (Å²) in [5.41, 5.74) is 7.76. The van der Waals surface area contributed by atoms with Crippen LogP contribution in [0.25, 0.3) is 5.70 Å². The van der Waals surface area contributed by atoms with Gasteiger partial charge in [-0.25, -0.2) is 4.39 Å². The summed E-state index contributed by atoms with van der Waals surface area (Å²) in [6.45, 7) is 2.98. The van der Waals surface area contributed by atoms with Gasteiger partial charge >= 0.3 is 0 Å². The molecule has 4 rings (SSSR count). The fraction of sp³-hybridized carbons (Fsp3) is 0.400. The lowest BCUT2D eigenvalue weighted by molar-refractivity contribution is -0.122. The number of nitrogens with two attached hydrogens (primary N) is 1. The number of hydrogen-bond acceptors (Lipinski definition) is 6. The van der Waals surface area contributed by atoms with Crippen molar-refractivity contribution in [2.75, 3.05) is 19.7 Å². The molecular formula is C25H29Cl2FN4O2S. The Kier molecular flexibility index (Phi) is 9.19. The maximum absolute atomic E-state index is 14.4. The summed E-state index contributed by atoms with van der Waals surface area (Å²) in [5.74, 6) is 0.0851. The van der Waals surface area contributed by atoms with Crippen LogP contribution in [-0.4, -0.2) is 42.0 Å². The first-order chi connectivity index (χ1) is 16.9. The van der Waals surface area contributed by atoms with Gasteiger partial charge in [-0.05, 0) is 54.5 Å². The van der Waals surface area contributed by atoms with Crippen LogP contribution in [0.3, 0.4) is 0 Å². The van der Waals surface area contributed by atoms with Gasteiger partial charge in [-0.3, -0.25) is 9.69 Å². The molecule has 0 spiro atoms. The summed E-state index contributed by atoms with van der Waals surface area (Å²) >= 11 is 13.5. The van der Waals surface area contributed by atoms with E-state index in [-0.39, 0.29) is 23.3 Å². The van der Waals surface area contributed by atoms with Gasteiger partial charge in [0.2, 0.25) is 5.91 Å². The Labute approximate surface area is 219 Å². The van der Waals surface area contributed by atoms with Crippen molar-refractivity contribution in [2.24, 2.45) is 5.73 Å². The molecule has 2 heterocycles. The minimum absolute atomic E-state index is 0.0196. The number of nitrogens with zero attached hydrogens (tertiary/aromatic N) is 1. The minimum atomic E-state index is -0.376. The van der Waals surface area contributed by atoms with Gasteiger partial charge < -0.3 is 21.1 Å². The van der Waals surface area contributed by atoms with Crippen molar-refractivity contribution in [3.63, 3.8) is 0 Å². The van der Waals surface area contributed by atoms with Gasteiger partial charge in [-0.15, -0.1) is 0 Å². The Hall–Kier alpha value is -1.97. The van der Waals surface area contributed by atoms with Gasteiger partial charge in [-0.1, -0.05) is 41.0 Å². The highest BCUT2D eigenvalue weighted by Crippen LogP contribution is 2.28. The predicted octanol–water partition coefficient (Wildman–Crippen LogP) is 4.95. The lowest BCUT2D eigenvalue weighted by atomic mass is 10.0. The molecule has 1 unspecified atom stereocenters. The van der Waals surface area contributed by atoms with Gasteiger partial charge in [0.15, 0.2) is 0 Å². The molecule has 1 saturated heterocycles. The van der Waals surface area contributed by atoms with Crippen molar-refractivity contribution < 1.29 is 13.9 Å². The highest BCUT2D eigenvalue weighted by atomic mass is 35.5. The molecule has 2 aliphatic rings. The maximum Gasteiger partial charge on any atom is 0.220 e. The van der Waals surface area contributed by atoms with Crippen molar-refractivity contribution >= 4 is 46.6 Å². The van der Waals surface area contributed by atoms with E-state index in [1.54, 1.807) is 12.1 Å². The number of rotatable bonds is 9. The smallest absolute Gasteiger partial charge is 0.220 e. The van der Waals surface area contributed by atoms with Crippen LogP contribution in [0, 0.1) is 5.82 Å². The Balaban J connectivity index is 1.12. The van der Waals surface area contributed by atoms with Crippen LogP contribution in [0.4, 0.5) is 4.39 Å². The van der Waals surface area contributed by atoms with E-state index in [9.17, 15) is 9.18 Å². The SMILES string of the molecule is NC1NC(c2ccc(OCCCC(=O)NC3CCN(Cc4ccc(Cl)c(Cl)c4)CC3)cc2F)=CS1. The number of ether oxygens (including phenoxy) is 1. The molecule has 10 heteroatoms. The number of halogens is 3. The Morgan fingerprint density at radius 2 is 2.00 bits per heavy atom. The van der Waals surface area contributed by atoms with Crippen LogP contribution in [0.2, 0.25) is 10.0 Å². The highest BCUT2D eigenvalue weighted by molar-refractivity contribution is 8.03. The second kappa shape index (κ2) is 12.3. The fourth-order valence-corrected chi connectivity index (χ4v) is 5.16. The number of likely N-dealkylation sites (tertiary alicyclic amines) is 1. The van der Waals surface area contributed by atoms with E-state index < -0.39 is 0 Å². The van der Waals surface area contributed by atoms with Crippen molar-refractivity contribution in [1.82, 2.24) is 15.5 Å². The molecule has 2 aromatic rings. The van der Waals surface area contributed by atoms with Crippen LogP contribution in [-0.2, 0) is 11.3 Å². The van der Waals surface area contributed by atoms with E-state index in [0.29, 0.717) is 46.5 Å². The number of nitrogens with one attached hydrogen (secondary N) is 2. The summed E-state index contributed by atoms with van der Waals surface area (Å²) in [6, 6.07) is 10.7. The van der Waals surface area contributed by atoms with Crippen molar-refractivity contribution in [1.29, 1.82) is 0 Å². The van der Waals surface area contributed by atoms with E-state index in [1.165, 1.54) is 17.8 Å². The van der Waals surface area contributed by atoms with Crippen LogP contribution in [0.5, 0.6) is 5.75 Å². The quantitative estimate of drug-likeness (QED) is 0.392. The topological polar surface area (TPSA) is 79.6 Å². The first-order valence-corrected chi connectivity index (χ1v) is 13.3. The third-order valence-corrected chi connectivity index (χ3v) is 7.54. The zero-order valence-corrected chi connectivity index (χ0v) is 21.6. The average molecular weight is 540 g/mol. The Bertz CT molecular complexity index is 1080. The van der Waals surface area contributed by atoms with Gasteiger partial charge in [0.25, 0.3) is 0 Å². The van der Waals surface area contributed by atoms with E-state index >= 15 is 0 Å². The number of benzene rings is 2. The van der Waals surface area contributed by atoms with Gasteiger partial charge in [0.05, 0.1) is 22.3 Å². The van der Waals surface area contributed by atoms with Gasteiger partial charge in [0, 0.05) is 43.7 Å². The molecule has 6 nitrogen and oxygen atoms in total. The van der Waals surface area contributed by atoms with Crippen molar-refractivity contribution in [2.45, 2.75) is 43.8 Å². The standard InChI is InChI=1S/C25H29Cl2FN4O2S/c26-20-6-3-16(12-21(20)27)14-32-9-7-17(8-10-32)30-24(33)2-1-11-34-18-4-5-19(22(28)13-18)23-15-35-25(29)31-23/h3-6,12-13,15,17,25,31H,1-2,7-11,14,29H2,(H,30,33). The summed E-state index contributed by atoms with van der Waals surface area (Å²) in [7, 11) is 0. The van der Waals surface area contributed by atoms with Gasteiger partial charge in [-0.2, -0.15) is 0 Å². The minimum Gasteiger partial charge on any atom is -0.493 e. The second-order valence-corrected chi connectivity index (χ2v) is 10.5. The first kappa shape index (κ1) is 26.1. The average Bonchev–Trinajstić information content (AvgIpc) is 3.26. The molecule has 2 aromatic carbocycles. The molecule has 1 amide bonds. The molecule has 0 radical (unpaired) electrons. The summed E-state index contributed by atoms with van der Waals surface area (Å²) < 4.78 is 20.1. The number of piperidine rings is 1. The third kappa shape index (κ3) is 7.51. The molecule has 4 N–H and O–H groups in total. The fourth-order valence-electron chi connectivity index (χ4n) is 4.16. The zero-order chi connectivity index (χ0) is 24.8. The zero-order valence-electron chi connectivity index (χ0n) is 19.2. The van der Waals surface area contributed by atoms with E-state index in [0.717, 1.165) is 38.0 Å². The van der Waals surface area contributed by atoms with Crippen molar-refractivity contribution in [3.8, 4) is 5.75 Å². The number of hydrogen-bond donors (Lipinski definition) is 3. The summed E-state index contributed by atoms with van der Waals surface area (Å²) in [5, 5.41) is 9.07. The normalized spacial score (nSPS) is 18.7. The van der Waals surface area contributed by atoms with Crippen LogP contribution >= 0.6 is 35.0 Å². The van der Waals surface area contributed by atoms with E-state index in [1.807, 2.05) is 23.6 Å². The highest BCUT2D eigenvalue weighted by Gasteiger charge is 2.21. The molecular weight excluding hydrogens is 510 g/mol. The molecule has 0 aromatic heterocycles. The van der Waals surface area contributed by atoms with Crippen LogP contribution < -0.4 is 21.1 Å². The molecule has 2 aliphatic heterocycles. The number of thioether (sulfide) groups is 1. The van der Waals surface area contributed by atoms with E-state index in [2.05, 4.69) is 15.5 Å². The Morgan fingerprint density at radius 3 is 2.69 bits per heavy atom. The molecule has 188 valence electrons. The molecule has 1 fully saturated rings. The van der Waals surface area contributed by atoms with Gasteiger partial charge in [0.1, 0.15) is 17.1 Å². The first-order valence-electron chi connectivity index (χ1n) is 11.6. The number of carbonyl (C=O) groups excluding carboxylic acids is 1. The maximum atomic E-state index is 14.4. The molecule has 1 atom stereocenters. The largest absolute Gasteiger partial charge is 0.493 e. The predicted molar refractivity (Wildman–Crippen MR) is 141 cm³/mol. The van der Waals surface area contributed by atoms with Crippen LogP contribution in [0.1, 0.15) is 36.8 Å². The molecule has 0 aliphatic carbocycles. The van der Waals surface area contributed by atoms with Crippen molar-refractivity contribution in [3.05, 3.63) is 68.8 Å². The Morgan fingerprint density at radius 1 is 1.20 bits per heavy atom. The summed E-state index contributed by atoms with van der Waals surface area (Å²) in [4.78, 5) is 14.7. The monoisotopic (exact) mass is 538 g/mol. The third-order valence-electron chi connectivity index (χ3n) is 6.02. The number of amides is 1. The molecule has 35 heavy (non-hydrogen) atoms. The molecule has 0 bridgehead atoms. The van der Waals surface area contributed by atoms with Crippen LogP contribution in [0.15, 0.2) is 41.8 Å². The molecule has 0 saturated carbocycles. The second-order valence-electron chi connectivity index (χ2n) is 8.69. The lowest BCUT2D eigenvalue weighted by Crippen LogP contribution is -2.44. The van der Waals surface area contributed by atoms with E-state index in [4.69, 9.17) is 33.7 Å². The lowest BCUT2D eigenvalue weighted by Gasteiger charge is -2.32.